The van der Waals surface area contributed by atoms with Crippen LogP contribution in [0.1, 0.15) is 42.1 Å². The molecule has 0 radical (unpaired) electrons. The second kappa shape index (κ2) is 12.1. The van der Waals surface area contributed by atoms with E-state index in [0.717, 1.165) is 22.4 Å². The van der Waals surface area contributed by atoms with Crippen LogP contribution in [0.4, 0.5) is 0 Å². The molecule has 8 nitrogen and oxygen atoms in total. The predicted molar refractivity (Wildman–Crippen MR) is 164 cm³/mol. The quantitative estimate of drug-likeness (QED) is 0.204. The largest absolute Gasteiger partial charge is 0.489 e. The highest BCUT2D eigenvalue weighted by Gasteiger charge is 2.34. The Morgan fingerprint density at radius 3 is 2.72 bits per heavy atom. The summed E-state index contributed by atoms with van der Waals surface area (Å²) in [5.41, 5.74) is 4.14. The van der Waals surface area contributed by atoms with Gasteiger partial charge < -0.3 is 18.9 Å². The number of benzene rings is 3. The fourth-order valence-electron chi connectivity index (χ4n) is 5.22. The third-order valence-electron chi connectivity index (χ3n) is 7.21. The van der Waals surface area contributed by atoms with Crippen molar-refractivity contribution in [3.05, 3.63) is 133 Å². The Balaban J connectivity index is 1.41. The van der Waals surface area contributed by atoms with Crippen LogP contribution in [0.2, 0.25) is 0 Å². The SMILES string of the molecule is C=CCc1cc(/C=c2/sc3n(c2=O)[C@@H](c2ccc4c(c2)OCO4)C(C(=O)OCC)=C(C)N=3)ccc1OCc1ccccc1. The van der Waals surface area contributed by atoms with Gasteiger partial charge in [0.05, 0.1) is 28.5 Å². The molecule has 0 fully saturated rings. The number of carbonyl (C=O) groups excluding carboxylic acids is 1. The Labute approximate surface area is 252 Å². The van der Waals surface area contributed by atoms with Gasteiger partial charge in [0.25, 0.3) is 5.56 Å². The molecule has 3 aromatic carbocycles. The molecule has 0 saturated carbocycles. The smallest absolute Gasteiger partial charge is 0.338 e. The number of fused-ring (bicyclic) bond motifs is 2. The Morgan fingerprint density at radius 1 is 1.12 bits per heavy atom. The first-order chi connectivity index (χ1) is 21.0. The number of hydrogen-bond donors (Lipinski definition) is 0. The number of nitrogens with zero attached hydrogens (tertiary/aromatic N) is 2. The van der Waals surface area contributed by atoms with E-state index in [-0.39, 0.29) is 19.0 Å². The number of aromatic nitrogens is 1. The fraction of sp³-hybridized carbons (Fsp3) is 0.206. The van der Waals surface area contributed by atoms with Gasteiger partial charge in [-0.3, -0.25) is 9.36 Å². The molecule has 2 aliphatic heterocycles. The van der Waals surface area contributed by atoms with Gasteiger partial charge in [-0.2, -0.15) is 0 Å². The van der Waals surface area contributed by atoms with Crippen molar-refractivity contribution in [1.82, 2.24) is 4.57 Å². The van der Waals surface area contributed by atoms with Gasteiger partial charge in [-0.15, -0.1) is 6.58 Å². The van der Waals surface area contributed by atoms with Crippen molar-refractivity contribution in [3.8, 4) is 17.2 Å². The molecule has 0 bridgehead atoms. The molecule has 0 unspecified atom stereocenters. The van der Waals surface area contributed by atoms with Crippen molar-refractivity contribution in [2.24, 2.45) is 4.99 Å². The minimum atomic E-state index is -0.739. The van der Waals surface area contributed by atoms with Gasteiger partial charge in [0.1, 0.15) is 12.4 Å². The molecule has 1 aromatic heterocycles. The van der Waals surface area contributed by atoms with E-state index in [1.165, 1.54) is 11.3 Å². The summed E-state index contributed by atoms with van der Waals surface area (Å²) < 4.78 is 24.7. The average Bonchev–Trinajstić information content (AvgIpc) is 3.60. The molecule has 43 heavy (non-hydrogen) atoms. The summed E-state index contributed by atoms with van der Waals surface area (Å²) in [7, 11) is 0. The van der Waals surface area contributed by atoms with E-state index in [4.69, 9.17) is 18.9 Å². The van der Waals surface area contributed by atoms with Gasteiger partial charge in [-0.25, -0.2) is 9.79 Å². The zero-order chi connectivity index (χ0) is 29.9. The molecule has 1 atom stereocenters. The van der Waals surface area contributed by atoms with Crippen LogP contribution in [0.3, 0.4) is 0 Å². The van der Waals surface area contributed by atoms with E-state index in [0.29, 0.717) is 50.7 Å². The number of esters is 1. The van der Waals surface area contributed by atoms with Crippen LogP contribution in [0.25, 0.3) is 6.08 Å². The minimum Gasteiger partial charge on any atom is -0.489 e. The van der Waals surface area contributed by atoms with E-state index in [1.807, 2.05) is 66.7 Å². The van der Waals surface area contributed by atoms with Crippen molar-refractivity contribution < 1.29 is 23.7 Å². The van der Waals surface area contributed by atoms with E-state index < -0.39 is 12.0 Å². The molecule has 0 spiro atoms. The summed E-state index contributed by atoms with van der Waals surface area (Å²) in [6.07, 6.45) is 4.28. The Hall–Kier alpha value is -4.89. The zero-order valence-corrected chi connectivity index (χ0v) is 24.7. The third kappa shape index (κ3) is 5.63. The number of hydrogen-bond acceptors (Lipinski definition) is 8. The number of carbonyl (C=O) groups is 1. The van der Waals surface area contributed by atoms with Crippen LogP contribution in [0.5, 0.6) is 17.2 Å². The first kappa shape index (κ1) is 28.2. The van der Waals surface area contributed by atoms with Gasteiger partial charge >= 0.3 is 5.97 Å². The molecular weight excluding hydrogens is 564 g/mol. The minimum absolute atomic E-state index is 0.116. The topological polar surface area (TPSA) is 88.4 Å². The second-order valence-corrected chi connectivity index (χ2v) is 11.1. The van der Waals surface area contributed by atoms with E-state index >= 15 is 0 Å². The molecule has 0 aliphatic carbocycles. The van der Waals surface area contributed by atoms with Crippen molar-refractivity contribution in [3.63, 3.8) is 0 Å². The summed E-state index contributed by atoms with van der Waals surface area (Å²) in [4.78, 5) is 32.4. The number of thiazole rings is 1. The van der Waals surface area contributed by atoms with E-state index in [2.05, 4.69) is 11.6 Å². The average molecular weight is 595 g/mol. The standard InChI is InChI=1S/C34H30N2O6S/c1-4-9-24-16-23(12-14-26(24)40-19-22-10-7-6-8-11-22)17-29-32(37)36-31(25-13-15-27-28(18-25)42-20-41-27)30(33(38)39-5-2)21(3)35-34(36)43-29/h4,6-8,10-18,31H,1,5,9,19-20H2,2-3H3/b29-17+/t31-/m0/s1. The van der Waals surface area contributed by atoms with Crippen molar-refractivity contribution >= 4 is 23.4 Å². The fourth-order valence-corrected chi connectivity index (χ4v) is 6.27. The van der Waals surface area contributed by atoms with Crippen molar-refractivity contribution in [1.29, 1.82) is 0 Å². The molecule has 0 amide bonds. The first-order valence-corrected chi connectivity index (χ1v) is 14.8. The van der Waals surface area contributed by atoms with Crippen LogP contribution in [0.15, 0.2) is 100 Å². The molecule has 2 aliphatic rings. The van der Waals surface area contributed by atoms with Gasteiger partial charge in [0.2, 0.25) is 6.79 Å². The van der Waals surface area contributed by atoms with Gasteiger partial charge in [0, 0.05) is 0 Å². The molecule has 9 heteroatoms. The Kier molecular flexibility index (Phi) is 7.98. The second-order valence-electron chi connectivity index (χ2n) is 10.0. The maximum Gasteiger partial charge on any atom is 0.338 e. The van der Waals surface area contributed by atoms with Crippen LogP contribution in [-0.4, -0.2) is 23.9 Å². The summed E-state index contributed by atoms with van der Waals surface area (Å²) in [5, 5.41) is 0. The lowest BCUT2D eigenvalue weighted by Crippen LogP contribution is -2.39. The normalized spacial score (nSPS) is 15.6. The van der Waals surface area contributed by atoms with Crippen LogP contribution in [0, 0.1) is 0 Å². The van der Waals surface area contributed by atoms with E-state index in [1.54, 1.807) is 30.5 Å². The summed E-state index contributed by atoms with van der Waals surface area (Å²) in [6.45, 7) is 8.17. The molecule has 218 valence electrons. The molecule has 0 saturated heterocycles. The number of rotatable bonds is 9. The highest BCUT2D eigenvalue weighted by molar-refractivity contribution is 7.07. The summed E-state index contributed by atoms with van der Waals surface area (Å²) >= 11 is 1.28. The first-order valence-electron chi connectivity index (χ1n) is 14.0. The number of ether oxygens (including phenoxy) is 4. The Morgan fingerprint density at radius 2 is 1.93 bits per heavy atom. The monoisotopic (exact) mass is 594 g/mol. The van der Waals surface area contributed by atoms with Crippen LogP contribution in [-0.2, 0) is 22.6 Å². The third-order valence-corrected chi connectivity index (χ3v) is 8.20. The number of allylic oxidation sites excluding steroid dienone is 2. The molecule has 4 aromatic rings. The van der Waals surface area contributed by atoms with Crippen molar-refractivity contribution in [2.75, 3.05) is 13.4 Å². The lowest BCUT2D eigenvalue weighted by molar-refractivity contribution is -0.139. The van der Waals surface area contributed by atoms with Crippen molar-refractivity contribution in [2.45, 2.75) is 32.9 Å². The van der Waals surface area contributed by atoms with Crippen LogP contribution >= 0.6 is 11.3 Å². The molecule has 3 heterocycles. The summed E-state index contributed by atoms with van der Waals surface area (Å²) in [5.74, 6) is 1.42. The van der Waals surface area contributed by atoms with E-state index in [9.17, 15) is 9.59 Å². The highest BCUT2D eigenvalue weighted by Crippen LogP contribution is 2.38. The van der Waals surface area contributed by atoms with Crippen LogP contribution < -0.4 is 29.1 Å². The molecular formula is C34H30N2O6S. The lowest BCUT2D eigenvalue weighted by Gasteiger charge is -2.24. The maximum absolute atomic E-state index is 14.0. The zero-order valence-electron chi connectivity index (χ0n) is 23.9. The van der Waals surface area contributed by atoms with Gasteiger partial charge in [0.15, 0.2) is 16.3 Å². The predicted octanol–water partition coefficient (Wildman–Crippen LogP) is 4.83. The Bertz CT molecular complexity index is 1920. The lowest BCUT2D eigenvalue weighted by atomic mass is 9.95. The maximum atomic E-state index is 14.0. The summed E-state index contributed by atoms with van der Waals surface area (Å²) in [6, 6.07) is 20.5. The van der Waals surface area contributed by atoms with Gasteiger partial charge in [-0.1, -0.05) is 59.9 Å². The molecule has 0 N–H and O–H groups in total. The van der Waals surface area contributed by atoms with Gasteiger partial charge in [-0.05, 0) is 72.9 Å². The highest BCUT2D eigenvalue weighted by atomic mass is 32.1. The molecule has 6 rings (SSSR count).